The summed E-state index contributed by atoms with van der Waals surface area (Å²) in [7, 11) is 0. The Morgan fingerprint density at radius 2 is 2.12 bits per heavy atom. The van der Waals surface area contributed by atoms with Crippen molar-refractivity contribution in [1.29, 1.82) is 0 Å². The number of hydrogen-bond acceptors (Lipinski definition) is 2. The van der Waals surface area contributed by atoms with Gasteiger partial charge in [0.1, 0.15) is 0 Å². The molecule has 17 heavy (non-hydrogen) atoms. The lowest BCUT2D eigenvalue weighted by Gasteiger charge is -2.14. The van der Waals surface area contributed by atoms with Crippen LogP contribution in [-0.4, -0.2) is 16.3 Å². The molecule has 1 heterocycles. The molecule has 0 saturated heterocycles. The van der Waals surface area contributed by atoms with E-state index in [2.05, 4.69) is 61.9 Å². The van der Waals surface area contributed by atoms with Gasteiger partial charge in [-0.05, 0) is 47.6 Å². The van der Waals surface area contributed by atoms with E-state index in [-0.39, 0.29) is 0 Å². The first-order valence-corrected chi connectivity index (χ1v) is 6.50. The van der Waals surface area contributed by atoms with Gasteiger partial charge in [-0.15, -0.1) is 0 Å². The van der Waals surface area contributed by atoms with Crippen molar-refractivity contribution < 1.29 is 0 Å². The SMILES string of the molecule is C/C=C/CCNC(C)c1c(C)nn(CC)c1C. The summed E-state index contributed by atoms with van der Waals surface area (Å²) in [6.45, 7) is 12.6. The number of aromatic nitrogens is 2. The summed E-state index contributed by atoms with van der Waals surface area (Å²) >= 11 is 0. The molecule has 1 unspecified atom stereocenters. The number of hydrogen-bond donors (Lipinski definition) is 1. The average Bonchev–Trinajstić information content (AvgIpc) is 2.59. The van der Waals surface area contributed by atoms with E-state index in [1.54, 1.807) is 0 Å². The third kappa shape index (κ3) is 3.43. The van der Waals surface area contributed by atoms with E-state index in [1.165, 1.54) is 11.3 Å². The Morgan fingerprint density at radius 3 is 2.65 bits per heavy atom. The molecule has 1 atom stereocenters. The van der Waals surface area contributed by atoms with Crippen molar-refractivity contribution in [3.8, 4) is 0 Å². The minimum absolute atomic E-state index is 0.376. The van der Waals surface area contributed by atoms with Gasteiger partial charge >= 0.3 is 0 Å². The van der Waals surface area contributed by atoms with Crippen LogP contribution in [0.1, 0.15) is 50.2 Å². The van der Waals surface area contributed by atoms with Crippen LogP contribution in [0, 0.1) is 13.8 Å². The monoisotopic (exact) mass is 235 g/mol. The summed E-state index contributed by atoms with van der Waals surface area (Å²) in [4.78, 5) is 0. The fourth-order valence-electron chi connectivity index (χ4n) is 2.30. The van der Waals surface area contributed by atoms with Crippen LogP contribution in [0.15, 0.2) is 12.2 Å². The Hall–Kier alpha value is -1.09. The van der Waals surface area contributed by atoms with E-state index in [0.717, 1.165) is 25.2 Å². The second kappa shape index (κ2) is 6.60. The quantitative estimate of drug-likeness (QED) is 0.606. The molecule has 0 aliphatic carbocycles. The highest BCUT2D eigenvalue weighted by Gasteiger charge is 2.15. The van der Waals surface area contributed by atoms with Crippen molar-refractivity contribution in [3.63, 3.8) is 0 Å². The van der Waals surface area contributed by atoms with E-state index in [1.807, 2.05) is 0 Å². The van der Waals surface area contributed by atoms with Crippen molar-refractivity contribution in [3.05, 3.63) is 29.1 Å². The largest absolute Gasteiger partial charge is 0.310 e. The maximum Gasteiger partial charge on any atom is 0.0644 e. The molecule has 3 nitrogen and oxygen atoms in total. The van der Waals surface area contributed by atoms with Gasteiger partial charge in [-0.3, -0.25) is 4.68 Å². The highest BCUT2D eigenvalue weighted by Crippen LogP contribution is 2.21. The highest BCUT2D eigenvalue weighted by molar-refractivity contribution is 5.27. The van der Waals surface area contributed by atoms with Crippen LogP contribution in [0.4, 0.5) is 0 Å². The van der Waals surface area contributed by atoms with Gasteiger partial charge in [0.2, 0.25) is 0 Å². The summed E-state index contributed by atoms with van der Waals surface area (Å²) in [5.74, 6) is 0. The molecule has 0 fully saturated rings. The first-order chi connectivity index (χ1) is 8.11. The summed E-state index contributed by atoms with van der Waals surface area (Å²) in [5, 5.41) is 8.11. The zero-order chi connectivity index (χ0) is 12.8. The lowest BCUT2D eigenvalue weighted by Crippen LogP contribution is -2.20. The van der Waals surface area contributed by atoms with Crippen LogP contribution in [-0.2, 0) is 6.54 Å². The zero-order valence-corrected chi connectivity index (χ0v) is 11.7. The molecule has 0 bridgehead atoms. The molecule has 0 spiro atoms. The fourth-order valence-corrected chi connectivity index (χ4v) is 2.30. The third-order valence-electron chi connectivity index (χ3n) is 3.17. The van der Waals surface area contributed by atoms with E-state index >= 15 is 0 Å². The molecule has 0 aromatic carbocycles. The van der Waals surface area contributed by atoms with Gasteiger partial charge in [0, 0.05) is 23.8 Å². The predicted molar refractivity (Wildman–Crippen MR) is 73.2 cm³/mol. The van der Waals surface area contributed by atoms with E-state index in [4.69, 9.17) is 0 Å². The van der Waals surface area contributed by atoms with Gasteiger partial charge in [0.25, 0.3) is 0 Å². The van der Waals surface area contributed by atoms with Crippen molar-refractivity contribution >= 4 is 0 Å². The highest BCUT2D eigenvalue weighted by atomic mass is 15.3. The molecule has 1 rings (SSSR count). The Balaban J connectivity index is 2.68. The number of aryl methyl sites for hydroxylation is 2. The Morgan fingerprint density at radius 1 is 1.41 bits per heavy atom. The number of nitrogens with zero attached hydrogens (tertiary/aromatic N) is 2. The number of allylic oxidation sites excluding steroid dienone is 1. The van der Waals surface area contributed by atoms with Gasteiger partial charge < -0.3 is 5.32 Å². The lowest BCUT2D eigenvalue weighted by atomic mass is 10.1. The minimum Gasteiger partial charge on any atom is -0.310 e. The van der Waals surface area contributed by atoms with Crippen LogP contribution in [0.3, 0.4) is 0 Å². The van der Waals surface area contributed by atoms with Crippen molar-refractivity contribution in [2.24, 2.45) is 0 Å². The number of rotatable bonds is 6. The molecular weight excluding hydrogens is 210 g/mol. The molecule has 96 valence electrons. The van der Waals surface area contributed by atoms with Gasteiger partial charge in [0.05, 0.1) is 5.69 Å². The topological polar surface area (TPSA) is 29.9 Å². The van der Waals surface area contributed by atoms with Gasteiger partial charge in [-0.2, -0.15) is 5.10 Å². The summed E-state index contributed by atoms with van der Waals surface area (Å²) in [6.07, 6.45) is 5.37. The summed E-state index contributed by atoms with van der Waals surface area (Å²) < 4.78 is 2.08. The van der Waals surface area contributed by atoms with Crippen LogP contribution in [0.5, 0.6) is 0 Å². The van der Waals surface area contributed by atoms with Crippen molar-refractivity contribution in [2.45, 2.75) is 53.6 Å². The van der Waals surface area contributed by atoms with Crippen molar-refractivity contribution in [1.82, 2.24) is 15.1 Å². The van der Waals surface area contributed by atoms with Crippen molar-refractivity contribution in [2.75, 3.05) is 6.54 Å². The standard InChI is InChI=1S/C14H25N3/c1-6-8-9-10-15-11(3)14-12(4)16-17(7-2)13(14)5/h6,8,11,15H,7,9-10H2,1-5H3/b8-6+. The maximum atomic E-state index is 4.56. The third-order valence-corrected chi connectivity index (χ3v) is 3.17. The van der Waals surface area contributed by atoms with E-state index in [0.29, 0.717) is 6.04 Å². The van der Waals surface area contributed by atoms with Gasteiger partial charge in [-0.1, -0.05) is 12.2 Å². The molecule has 0 saturated carbocycles. The second-order valence-electron chi connectivity index (χ2n) is 4.43. The van der Waals surface area contributed by atoms with E-state index < -0.39 is 0 Å². The Bertz CT molecular complexity index is 377. The van der Waals surface area contributed by atoms with Gasteiger partial charge in [-0.25, -0.2) is 0 Å². The molecular formula is C14H25N3. The van der Waals surface area contributed by atoms with Crippen LogP contribution in [0.25, 0.3) is 0 Å². The van der Waals surface area contributed by atoms with Crippen LogP contribution in [0.2, 0.25) is 0 Å². The predicted octanol–water partition coefficient (Wildman–Crippen LogP) is 3.14. The maximum absolute atomic E-state index is 4.56. The molecule has 0 aliphatic rings. The molecule has 3 heteroatoms. The average molecular weight is 235 g/mol. The molecule has 0 radical (unpaired) electrons. The number of nitrogens with one attached hydrogen (secondary N) is 1. The van der Waals surface area contributed by atoms with E-state index in [9.17, 15) is 0 Å². The molecule has 1 aromatic heterocycles. The first-order valence-electron chi connectivity index (χ1n) is 6.50. The molecule has 0 amide bonds. The van der Waals surface area contributed by atoms with Crippen LogP contribution < -0.4 is 5.32 Å². The molecule has 0 aliphatic heterocycles. The minimum atomic E-state index is 0.376. The Labute approximate surface area is 105 Å². The van der Waals surface area contributed by atoms with Crippen LogP contribution >= 0.6 is 0 Å². The fraction of sp³-hybridized carbons (Fsp3) is 0.643. The first kappa shape index (κ1) is 14.0. The molecule has 1 N–H and O–H groups in total. The lowest BCUT2D eigenvalue weighted by molar-refractivity contribution is 0.572. The zero-order valence-electron chi connectivity index (χ0n) is 11.7. The Kier molecular flexibility index (Phi) is 5.42. The summed E-state index contributed by atoms with van der Waals surface area (Å²) in [5.41, 5.74) is 3.79. The normalized spacial score (nSPS) is 13.5. The van der Waals surface area contributed by atoms with Gasteiger partial charge in [0.15, 0.2) is 0 Å². The molecule has 1 aromatic rings. The summed E-state index contributed by atoms with van der Waals surface area (Å²) in [6, 6.07) is 0.376. The smallest absolute Gasteiger partial charge is 0.0644 e. The second-order valence-corrected chi connectivity index (χ2v) is 4.43.